The van der Waals surface area contributed by atoms with E-state index in [9.17, 15) is 0 Å². The van der Waals surface area contributed by atoms with Gasteiger partial charge in [0.1, 0.15) is 0 Å². The molecule has 100 valence electrons. The van der Waals surface area contributed by atoms with Crippen molar-refractivity contribution in [3.63, 3.8) is 0 Å². The van der Waals surface area contributed by atoms with E-state index in [4.69, 9.17) is 9.47 Å². The largest absolute Gasteiger partial charge is 0.381 e. The smallest absolute Gasteiger partial charge is 0.0586 e. The van der Waals surface area contributed by atoms with Crippen LogP contribution in [0.2, 0.25) is 0 Å². The average molecular weight is 241 g/mol. The molecule has 1 N–H and O–H groups in total. The van der Waals surface area contributed by atoms with Gasteiger partial charge in [-0.3, -0.25) is 0 Å². The summed E-state index contributed by atoms with van der Waals surface area (Å²) in [5.41, 5.74) is 0.318. The van der Waals surface area contributed by atoms with Gasteiger partial charge in [0.15, 0.2) is 0 Å². The summed E-state index contributed by atoms with van der Waals surface area (Å²) in [5, 5.41) is 3.58. The molecule has 2 aliphatic rings. The molecule has 0 bridgehead atoms. The fraction of sp³-hybridized carbons (Fsp3) is 1.00. The molecule has 0 aromatic heterocycles. The lowest BCUT2D eigenvalue weighted by atomic mass is 9.80. The first-order chi connectivity index (χ1) is 8.10. The highest BCUT2D eigenvalue weighted by Gasteiger charge is 2.39. The second-order valence-electron chi connectivity index (χ2n) is 6.19. The van der Waals surface area contributed by atoms with Crippen LogP contribution in [0.25, 0.3) is 0 Å². The summed E-state index contributed by atoms with van der Waals surface area (Å²) < 4.78 is 11.6. The van der Waals surface area contributed by atoms with E-state index in [2.05, 4.69) is 26.1 Å². The van der Waals surface area contributed by atoms with E-state index in [1.165, 1.54) is 19.3 Å². The van der Waals surface area contributed by atoms with Crippen molar-refractivity contribution < 1.29 is 9.47 Å². The Bertz CT molecular complexity index is 236. The molecule has 2 heterocycles. The summed E-state index contributed by atoms with van der Waals surface area (Å²) in [5.74, 6) is 0. The van der Waals surface area contributed by atoms with E-state index >= 15 is 0 Å². The molecule has 2 rings (SSSR count). The lowest BCUT2D eigenvalue weighted by Gasteiger charge is -2.31. The Kier molecular flexibility index (Phi) is 4.45. The molecular formula is C14H27NO2. The molecule has 3 nitrogen and oxygen atoms in total. The Morgan fingerprint density at radius 2 is 2.18 bits per heavy atom. The maximum atomic E-state index is 5.97. The summed E-state index contributed by atoms with van der Waals surface area (Å²) >= 11 is 0. The SMILES string of the molecule is CC(C)NCC1(CC2CCC(C)O2)CCOC1. The fourth-order valence-electron chi connectivity index (χ4n) is 2.96. The predicted molar refractivity (Wildman–Crippen MR) is 69.2 cm³/mol. The molecular weight excluding hydrogens is 214 g/mol. The van der Waals surface area contributed by atoms with Crippen LogP contribution in [0, 0.1) is 5.41 Å². The van der Waals surface area contributed by atoms with Crippen LogP contribution in [0.5, 0.6) is 0 Å². The van der Waals surface area contributed by atoms with Crippen LogP contribution < -0.4 is 5.32 Å². The molecule has 2 fully saturated rings. The number of rotatable bonds is 5. The van der Waals surface area contributed by atoms with Crippen molar-refractivity contribution in [3.05, 3.63) is 0 Å². The van der Waals surface area contributed by atoms with Gasteiger partial charge in [-0.05, 0) is 32.6 Å². The van der Waals surface area contributed by atoms with Gasteiger partial charge in [-0.25, -0.2) is 0 Å². The van der Waals surface area contributed by atoms with Crippen LogP contribution >= 0.6 is 0 Å². The van der Waals surface area contributed by atoms with Crippen molar-refractivity contribution in [2.75, 3.05) is 19.8 Å². The zero-order valence-electron chi connectivity index (χ0n) is 11.5. The van der Waals surface area contributed by atoms with E-state index in [-0.39, 0.29) is 0 Å². The highest BCUT2D eigenvalue weighted by atomic mass is 16.5. The summed E-state index contributed by atoms with van der Waals surface area (Å²) in [4.78, 5) is 0. The minimum atomic E-state index is 0.318. The zero-order valence-corrected chi connectivity index (χ0v) is 11.5. The molecule has 0 aliphatic carbocycles. The monoisotopic (exact) mass is 241 g/mol. The maximum absolute atomic E-state index is 5.97. The highest BCUT2D eigenvalue weighted by molar-refractivity contribution is 4.90. The first-order valence-corrected chi connectivity index (χ1v) is 7.06. The second-order valence-corrected chi connectivity index (χ2v) is 6.19. The van der Waals surface area contributed by atoms with Crippen molar-refractivity contribution >= 4 is 0 Å². The summed E-state index contributed by atoms with van der Waals surface area (Å²) in [7, 11) is 0. The van der Waals surface area contributed by atoms with Crippen molar-refractivity contribution in [3.8, 4) is 0 Å². The summed E-state index contributed by atoms with van der Waals surface area (Å²) in [6.07, 6.45) is 5.71. The molecule has 17 heavy (non-hydrogen) atoms. The third kappa shape index (κ3) is 3.67. The van der Waals surface area contributed by atoms with Gasteiger partial charge < -0.3 is 14.8 Å². The van der Waals surface area contributed by atoms with Crippen molar-refractivity contribution in [1.82, 2.24) is 5.32 Å². The van der Waals surface area contributed by atoms with Gasteiger partial charge in [0.2, 0.25) is 0 Å². The molecule has 0 saturated carbocycles. The van der Waals surface area contributed by atoms with Gasteiger partial charge in [-0.2, -0.15) is 0 Å². The summed E-state index contributed by atoms with van der Waals surface area (Å²) in [6, 6.07) is 0.552. The van der Waals surface area contributed by atoms with Crippen molar-refractivity contribution in [2.24, 2.45) is 5.41 Å². The summed E-state index contributed by atoms with van der Waals surface area (Å²) in [6.45, 7) is 9.49. The number of hydrogen-bond donors (Lipinski definition) is 1. The van der Waals surface area contributed by atoms with E-state index in [0.29, 0.717) is 23.7 Å². The van der Waals surface area contributed by atoms with Crippen LogP contribution in [0.4, 0.5) is 0 Å². The average Bonchev–Trinajstić information content (AvgIpc) is 2.87. The van der Waals surface area contributed by atoms with Gasteiger partial charge in [-0.1, -0.05) is 13.8 Å². The number of hydrogen-bond acceptors (Lipinski definition) is 3. The van der Waals surface area contributed by atoms with Crippen LogP contribution in [0.1, 0.15) is 46.5 Å². The highest BCUT2D eigenvalue weighted by Crippen LogP contribution is 2.37. The van der Waals surface area contributed by atoms with E-state index < -0.39 is 0 Å². The topological polar surface area (TPSA) is 30.5 Å². The standard InChI is InChI=1S/C14H27NO2/c1-11(2)15-9-14(6-7-16-10-14)8-13-5-4-12(3)17-13/h11-13,15H,4-10H2,1-3H3. The van der Waals surface area contributed by atoms with Gasteiger partial charge in [0.05, 0.1) is 18.8 Å². The first kappa shape index (κ1) is 13.3. The number of ether oxygens (including phenoxy) is 2. The Morgan fingerprint density at radius 3 is 2.71 bits per heavy atom. The molecule has 3 atom stereocenters. The predicted octanol–water partition coefficient (Wildman–Crippen LogP) is 2.35. The van der Waals surface area contributed by atoms with E-state index in [1.54, 1.807) is 0 Å². The molecule has 0 amide bonds. The fourth-order valence-corrected chi connectivity index (χ4v) is 2.96. The number of nitrogens with one attached hydrogen (secondary N) is 1. The van der Waals surface area contributed by atoms with Crippen molar-refractivity contribution in [2.45, 2.75) is 64.7 Å². The van der Waals surface area contributed by atoms with Gasteiger partial charge in [0, 0.05) is 24.6 Å². The second kappa shape index (κ2) is 5.68. The van der Waals surface area contributed by atoms with Gasteiger partial charge >= 0.3 is 0 Å². The third-order valence-electron chi connectivity index (χ3n) is 4.05. The molecule has 0 spiro atoms. The minimum absolute atomic E-state index is 0.318. The lowest BCUT2D eigenvalue weighted by Crippen LogP contribution is -2.40. The maximum Gasteiger partial charge on any atom is 0.0586 e. The normalized spacial score (nSPS) is 38.1. The first-order valence-electron chi connectivity index (χ1n) is 7.06. The zero-order chi connectivity index (χ0) is 12.3. The molecule has 0 aromatic rings. The van der Waals surface area contributed by atoms with Crippen LogP contribution in [0.15, 0.2) is 0 Å². The third-order valence-corrected chi connectivity index (χ3v) is 4.05. The van der Waals surface area contributed by atoms with Crippen molar-refractivity contribution in [1.29, 1.82) is 0 Å². The van der Waals surface area contributed by atoms with Crippen LogP contribution in [-0.2, 0) is 9.47 Å². The van der Waals surface area contributed by atoms with Crippen LogP contribution in [0.3, 0.4) is 0 Å². The molecule has 2 saturated heterocycles. The Morgan fingerprint density at radius 1 is 1.35 bits per heavy atom. The Hall–Kier alpha value is -0.120. The molecule has 2 aliphatic heterocycles. The Balaban J connectivity index is 1.87. The van der Waals surface area contributed by atoms with E-state index in [0.717, 1.165) is 26.2 Å². The molecule has 0 radical (unpaired) electrons. The quantitative estimate of drug-likeness (QED) is 0.801. The van der Waals surface area contributed by atoms with Gasteiger partial charge in [0.25, 0.3) is 0 Å². The molecule has 3 unspecified atom stereocenters. The lowest BCUT2D eigenvalue weighted by molar-refractivity contribution is 0.0172. The van der Waals surface area contributed by atoms with E-state index in [1.807, 2.05) is 0 Å². The van der Waals surface area contributed by atoms with Gasteiger partial charge in [-0.15, -0.1) is 0 Å². The molecule has 3 heteroatoms. The van der Waals surface area contributed by atoms with Crippen LogP contribution in [-0.4, -0.2) is 38.0 Å². The Labute approximate surface area is 105 Å². The minimum Gasteiger partial charge on any atom is -0.381 e. The molecule has 0 aromatic carbocycles.